The number of rotatable bonds is 7. The average molecular weight is 398 g/mol. The Balaban J connectivity index is 1.34. The van der Waals surface area contributed by atoms with E-state index in [4.69, 9.17) is 0 Å². The molecule has 2 aliphatic rings. The lowest BCUT2D eigenvalue weighted by atomic mass is 9.81. The minimum Gasteiger partial charge on any atom is -0.303 e. The minimum absolute atomic E-state index is 0.496. The van der Waals surface area contributed by atoms with Gasteiger partial charge in [0.05, 0.1) is 9.64 Å². The molecule has 1 unspecified atom stereocenters. The van der Waals surface area contributed by atoms with E-state index >= 15 is 0 Å². The Labute approximate surface area is 169 Å². The van der Waals surface area contributed by atoms with Crippen LogP contribution in [0.15, 0.2) is 59.5 Å². The van der Waals surface area contributed by atoms with E-state index in [0.717, 1.165) is 51.7 Å². The Morgan fingerprint density at radius 2 is 1.75 bits per heavy atom. The zero-order valence-electron chi connectivity index (χ0n) is 16.8. The van der Waals surface area contributed by atoms with Crippen LogP contribution in [0.2, 0.25) is 0 Å². The normalized spacial score (nSPS) is 22.1. The fourth-order valence-corrected chi connectivity index (χ4v) is 7.10. The summed E-state index contributed by atoms with van der Waals surface area (Å²) in [6, 6.07) is 18.0. The second kappa shape index (κ2) is 8.00. The first-order valence-electron chi connectivity index (χ1n) is 10.6. The third kappa shape index (κ3) is 3.77. The molecule has 28 heavy (non-hydrogen) atoms. The van der Waals surface area contributed by atoms with E-state index in [1.54, 1.807) is 12.1 Å². The second-order valence-electron chi connectivity index (χ2n) is 8.65. The van der Waals surface area contributed by atoms with Crippen LogP contribution >= 0.6 is 0 Å². The summed E-state index contributed by atoms with van der Waals surface area (Å²) >= 11 is 0. The number of hydrogen-bond acceptors (Lipinski definition) is 3. The quantitative estimate of drug-likeness (QED) is 0.662. The molecule has 0 spiro atoms. The SMILES string of the molecule is Cc1ccc(C2CCN(CCCC3(S(=O)(=O)c4ccccc4)CCC3)C2)cc1. The monoisotopic (exact) mass is 397 g/mol. The van der Waals surface area contributed by atoms with Gasteiger partial charge in [0.2, 0.25) is 0 Å². The molecule has 0 aromatic heterocycles. The molecular weight excluding hydrogens is 366 g/mol. The summed E-state index contributed by atoms with van der Waals surface area (Å²) in [5, 5.41) is 0. The molecule has 2 fully saturated rings. The van der Waals surface area contributed by atoms with Gasteiger partial charge >= 0.3 is 0 Å². The molecule has 150 valence electrons. The predicted molar refractivity (Wildman–Crippen MR) is 114 cm³/mol. The van der Waals surface area contributed by atoms with Gasteiger partial charge in [-0.2, -0.15) is 0 Å². The highest BCUT2D eigenvalue weighted by molar-refractivity contribution is 7.93. The average Bonchev–Trinajstić information content (AvgIpc) is 3.14. The lowest BCUT2D eigenvalue weighted by Crippen LogP contribution is -2.45. The molecule has 3 nitrogen and oxygen atoms in total. The molecule has 0 bridgehead atoms. The molecular formula is C24H31NO2S. The summed E-state index contributed by atoms with van der Waals surface area (Å²) in [5.41, 5.74) is 2.75. The summed E-state index contributed by atoms with van der Waals surface area (Å²) in [6.45, 7) is 5.36. The first-order chi connectivity index (χ1) is 13.5. The Bertz CT molecular complexity index is 886. The van der Waals surface area contributed by atoms with E-state index in [1.807, 2.05) is 18.2 Å². The van der Waals surface area contributed by atoms with Crippen LogP contribution in [0.25, 0.3) is 0 Å². The molecule has 0 radical (unpaired) electrons. The molecule has 1 saturated heterocycles. The number of nitrogens with zero attached hydrogens (tertiary/aromatic N) is 1. The molecule has 0 N–H and O–H groups in total. The Kier molecular flexibility index (Phi) is 5.62. The summed E-state index contributed by atoms with van der Waals surface area (Å²) in [6.07, 6.45) is 5.62. The van der Waals surface area contributed by atoms with Crippen molar-refractivity contribution in [1.29, 1.82) is 0 Å². The number of benzene rings is 2. The second-order valence-corrected chi connectivity index (χ2v) is 11.0. The lowest BCUT2D eigenvalue weighted by molar-refractivity contribution is 0.274. The van der Waals surface area contributed by atoms with Crippen molar-refractivity contribution >= 4 is 9.84 Å². The van der Waals surface area contributed by atoms with Gasteiger partial charge in [0.15, 0.2) is 9.84 Å². The van der Waals surface area contributed by atoms with Crippen LogP contribution in [0.4, 0.5) is 0 Å². The molecule has 1 atom stereocenters. The van der Waals surface area contributed by atoms with Gasteiger partial charge in [0.25, 0.3) is 0 Å². The maximum absolute atomic E-state index is 13.2. The zero-order valence-corrected chi connectivity index (χ0v) is 17.6. The summed E-state index contributed by atoms with van der Waals surface area (Å²) < 4.78 is 25.9. The highest BCUT2D eigenvalue weighted by atomic mass is 32.2. The summed E-state index contributed by atoms with van der Waals surface area (Å²) in [5.74, 6) is 0.617. The lowest BCUT2D eigenvalue weighted by Gasteiger charge is -2.41. The number of sulfone groups is 1. The summed E-state index contributed by atoms with van der Waals surface area (Å²) in [7, 11) is -3.24. The van der Waals surface area contributed by atoms with Crippen molar-refractivity contribution in [3.05, 3.63) is 65.7 Å². The van der Waals surface area contributed by atoms with Gasteiger partial charge in [-0.1, -0.05) is 54.4 Å². The van der Waals surface area contributed by atoms with E-state index in [-0.39, 0.29) is 0 Å². The first-order valence-corrected chi connectivity index (χ1v) is 12.1. The minimum atomic E-state index is -3.24. The molecule has 2 aromatic rings. The van der Waals surface area contributed by atoms with Crippen molar-refractivity contribution in [2.24, 2.45) is 0 Å². The van der Waals surface area contributed by atoms with E-state index in [2.05, 4.69) is 36.1 Å². The first kappa shape index (κ1) is 19.7. The van der Waals surface area contributed by atoms with Crippen LogP contribution in [0.5, 0.6) is 0 Å². The highest BCUT2D eigenvalue weighted by Crippen LogP contribution is 2.46. The fourth-order valence-electron chi connectivity index (χ4n) is 4.85. The van der Waals surface area contributed by atoms with Gasteiger partial charge in [-0.3, -0.25) is 0 Å². The van der Waals surface area contributed by atoms with Crippen LogP contribution in [-0.2, 0) is 9.84 Å². The Morgan fingerprint density at radius 1 is 1.04 bits per heavy atom. The topological polar surface area (TPSA) is 37.4 Å². The third-order valence-corrected chi connectivity index (χ3v) is 9.46. The van der Waals surface area contributed by atoms with E-state index in [0.29, 0.717) is 10.8 Å². The maximum atomic E-state index is 13.2. The predicted octanol–water partition coefficient (Wildman–Crippen LogP) is 4.96. The van der Waals surface area contributed by atoms with Gasteiger partial charge in [0, 0.05) is 6.54 Å². The van der Waals surface area contributed by atoms with Gasteiger partial charge in [-0.25, -0.2) is 8.42 Å². The molecule has 1 saturated carbocycles. The van der Waals surface area contributed by atoms with Crippen molar-refractivity contribution < 1.29 is 8.42 Å². The molecule has 1 aliphatic heterocycles. The molecule has 4 rings (SSSR count). The van der Waals surface area contributed by atoms with Crippen molar-refractivity contribution in [2.75, 3.05) is 19.6 Å². The number of likely N-dealkylation sites (tertiary alicyclic amines) is 1. The van der Waals surface area contributed by atoms with Crippen LogP contribution in [0, 0.1) is 6.92 Å². The molecule has 2 aromatic carbocycles. The molecule has 4 heteroatoms. The number of aryl methyl sites for hydroxylation is 1. The van der Waals surface area contributed by atoms with Crippen molar-refractivity contribution in [1.82, 2.24) is 4.90 Å². The Hall–Kier alpha value is -1.65. The van der Waals surface area contributed by atoms with Crippen LogP contribution in [-0.4, -0.2) is 37.7 Å². The molecule has 0 amide bonds. The van der Waals surface area contributed by atoms with Gasteiger partial charge in [-0.15, -0.1) is 0 Å². The highest BCUT2D eigenvalue weighted by Gasteiger charge is 2.48. The zero-order chi connectivity index (χ0) is 19.6. The standard InChI is InChI=1S/C24H31NO2S/c1-20-9-11-21(12-10-20)22-13-18-25(19-22)17-6-16-24(14-5-15-24)28(26,27)23-7-3-2-4-8-23/h2-4,7-12,22H,5-6,13-19H2,1H3. The largest absolute Gasteiger partial charge is 0.303 e. The summed E-state index contributed by atoms with van der Waals surface area (Å²) in [4.78, 5) is 3.02. The van der Waals surface area contributed by atoms with Crippen LogP contribution in [0.3, 0.4) is 0 Å². The third-order valence-electron chi connectivity index (χ3n) is 6.82. The van der Waals surface area contributed by atoms with Crippen LogP contribution < -0.4 is 0 Å². The van der Waals surface area contributed by atoms with Gasteiger partial charge in [0.1, 0.15) is 0 Å². The fraction of sp³-hybridized carbons (Fsp3) is 0.500. The smallest absolute Gasteiger partial charge is 0.184 e. The van der Waals surface area contributed by atoms with Crippen molar-refractivity contribution in [2.45, 2.75) is 61.0 Å². The van der Waals surface area contributed by atoms with E-state index < -0.39 is 14.6 Å². The van der Waals surface area contributed by atoms with Gasteiger partial charge < -0.3 is 4.90 Å². The Morgan fingerprint density at radius 3 is 2.39 bits per heavy atom. The number of hydrogen-bond donors (Lipinski definition) is 0. The maximum Gasteiger partial charge on any atom is 0.184 e. The van der Waals surface area contributed by atoms with E-state index in [9.17, 15) is 8.42 Å². The molecule has 1 heterocycles. The van der Waals surface area contributed by atoms with Gasteiger partial charge in [-0.05, 0) is 75.7 Å². The van der Waals surface area contributed by atoms with Crippen LogP contribution in [0.1, 0.15) is 55.6 Å². The van der Waals surface area contributed by atoms with E-state index in [1.165, 1.54) is 17.5 Å². The van der Waals surface area contributed by atoms with Crippen molar-refractivity contribution in [3.8, 4) is 0 Å². The van der Waals surface area contributed by atoms with Crippen molar-refractivity contribution in [3.63, 3.8) is 0 Å². The molecule has 1 aliphatic carbocycles.